The number of carbonyl (C=O) groups is 2. The number of rotatable bonds is 5. The zero-order valence-electron chi connectivity index (χ0n) is 12.8. The number of amides is 2. The van der Waals surface area contributed by atoms with Gasteiger partial charge in [0.15, 0.2) is 0 Å². The summed E-state index contributed by atoms with van der Waals surface area (Å²) >= 11 is 0.849. The minimum Gasteiger partial charge on any atom is -0.487 e. The van der Waals surface area contributed by atoms with Crippen LogP contribution in [-0.2, 0) is 4.79 Å². The molecule has 0 spiro atoms. The Labute approximate surface area is 158 Å². The molecule has 0 saturated carbocycles. The van der Waals surface area contributed by atoms with Crippen molar-refractivity contribution in [1.82, 2.24) is 5.32 Å². The van der Waals surface area contributed by atoms with Crippen LogP contribution < -0.4 is 10.1 Å². The van der Waals surface area contributed by atoms with Gasteiger partial charge in [0.25, 0.3) is 11.1 Å². The van der Waals surface area contributed by atoms with Crippen molar-refractivity contribution < 1.29 is 19.5 Å². The van der Waals surface area contributed by atoms with Crippen molar-refractivity contribution in [2.24, 2.45) is 5.16 Å². The summed E-state index contributed by atoms with van der Waals surface area (Å²) < 4.78 is 9.82. The molecule has 3 rings (SSSR count). The average molecular weight is 468 g/mol. The normalized spacial score (nSPS) is 18.8. The predicted octanol–water partition coefficient (Wildman–Crippen LogP) is 3.45. The third kappa shape index (κ3) is 4.67. The Balaban J connectivity index is 1.63. The van der Waals surface area contributed by atoms with Crippen LogP contribution in [-0.4, -0.2) is 32.7 Å². The van der Waals surface area contributed by atoms with Crippen molar-refractivity contribution in [1.29, 1.82) is 0 Å². The maximum atomic E-state index is 11.5. The van der Waals surface area contributed by atoms with Gasteiger partial charge >= 0.3 is 0 Å². The molecule has 2 amide bonds. The summed E-state index contributed by atoms with van der Waals surface area (Å²) in [5.41, 5.74) is 2.08. The fourth-order valence-electron chi connectivity index (χ4n) is 2.05. The van der Waals surface area contributed by atoms with E-state index in [1.165, 1.54) is 0 Å². The van der Waals surface area contributed by atoms with Crippen LogP contribution >= 0.6 is 32.5 Å². The van der Waals surface area contributed by atoms with Gasteiger partial charge in [0.05, 0.1) is 4.91 Å². The lowest BCUT2D eigenvalue weighted by molar-refractivity contribution is -0.115. The molecular weight excluding hydrogens is 455 g/mol. The molecule has 1 aromatic carbocycles. The first kappa shape index (κ1) is 17.6. The molecule has 0 radical (unpaired) electrons. The van der Waals surface area contributed by atoms with Gasteiger partial charge in [-0.3, -0.25) is 14.9 Å². The quantitative estimate of drug-likeness (QED) is 0.227. The molecule has 0 aromatic heterocycles. The van der Waals surface area contributed by atoms with Gasteiger partial charge in [-0.2, -0.15) is 0 Å². The SMILES string of the molecule is O=C1NC(=O)/C(=C\c2ccc(OC/C(=N\O)C3=CC=IC=C3)cc2)S1. The van der Waals surface area contributed by atoms with Crippen molar-refractivity contribution in [2.45, 2.75) is 0 Å². The highest BCUT2D eigenvalue weighted by Crippen LogP contribution is 2.26. The summed E-state index contributed by atoms with van der Waals surface area (Å²) in [5, 5.41) is 14.3. The van der Waals surface area contributed by atoms with Gasteiger partial charge in [-0.25, -0.2) is 0 Å². The molecule has 0 atom stereocenters. The maximum absolute atomic E-state index is 11.5. The molecule has 1 fully saturated rings. The molecule has 2 aliphatic heterocycles. The number of nitrogens with zero attached hydrogens (tertiary/aromatic N) is 1. The largest absolute Gasteiger partial charge is 0.487 e. The molecule has 0 aliphatic carbocycles. The van der Waals surface area contributed by atoms with E-state index in [1.54, 1.807) is 30.3 Å². The molecule has 6 nitrogen and oxygen atoms in total. The number of oxime groups is 1. The first-order valence-corrected chi connectivity index (χ1v) is 10.5. The summed E-state index contributed by atoms with van der Waals surface area (Å²) in [6, 6.07) is 7.08. The first-order chi connectivity index (χ1) is 12.2. The Kier molecular flexibility index (Phi) is 5.82. The molecule has 8 heteroatoms. The maximum Gasteiger partial charge on any atom is 0.290 e. The monoisotopic (exact) mass is 468 g/mol. The number of halogens is 1. The van der Waals surface area contributed by atoms with E-state index in [4.69, 9.17) is 9.94 Å². The van der Waals surface area contributed by atoms with E-state index >= 15 is 0 Å². The van der Waals surface area contributed by atoms with E-state index in [0.29, 0.717) is 16.4 Å². The van der Waals surface area contributed by atoms with E-state index in [0.717, 1.165) is 22.9 Å². The zero-order valence-corrected chi connectivity index (χ0v) is 15.8. The summed E-state index contributed by atoms with van der Waals surface area (Å²) in [6.45, 7) is 0.145. The molecule has 1 saturated heterocycles. The van der Waals surface area contributed by atoms with Crippen LogP contribution in [0.3, 0.4) is 0 Å². The molecular formula is C17H13IN2O4S. The van der Waals surface area contributed by atoms with Crippen LogP contribution in [0.4, 0.5) is 4.79 Å². The average Bonchev–Trinajstić information content (AvgIpc) is 2.95. The standard InChI is InChI=1S/C17H13IN2O4S/c21-16-15(25-17(22)19-16)9-11-1-3-13(4-2-11)24-10-14(20-23)12-5-7-18-8-6-12/h1-9,23H,10H2,(H,19,21,22)/b15-9+,20-14+. The number of hydrogen-bond acceptors (Lipinski definition) is 6. The predicted molar refractivity (Wildman–Crippen MR) is 108 cm³/mol. The van der Waals surface area contributed by atoms with Crippen molar-refractivity contribution in [2.75, 3.05) is 6.61 Å². The van der Waals surface area contributed by atoms with Gasteiger partial charge in [0.1, 0.15) is 18.1 Å². The van der Waals surface area contributed by atoms with E-state index in [2.05, 4.69) is 18.6 Å². The van der Waals surface area contributed by atoms with Crippen LogP contribution in [0, 0.1) is 0 Å². The van der Waals surface area contributed by atoms with Crippen LogP contribution in [0.5, 0.6) is 5.75 Å². The van der Waals surface area contributed by atoms with Crippen molar-refractivity contribution in [3.8, 4) is 5.75 Å². The van der Waals surface area contributed by atoms with Crippen molar-refractivity contribution >= 4 is 59.4 Å². The Morgan fingerprint density at radius 1 is 1.32 bits per heavy atom. The molecule has 0 unspecified atom stereocenters. The summed E-state index contributed by atoms with van der Waals surface area (Å²) in [7, 11) is 0. The van der Waals surface area contributed by atoms with Gasteiger partial charge in [0.2, 0.25) is 0 Å². The van der Waals surface area contributed by atoms with E-state index < -0.39 is 0 Å². The topological polar surface area (TPSA) is 88.0 Å². The number of hydrogen-bond donors (Lipinski definition) is 2. The minimum absolute atomic E-state index is 0.0302. The minimum atomic E-state index is -0.382. The highest BCUT2D eigenvalue weighted by molar-refractivity contribution is 14.2. The lowest BCUT2D eigenvalue weighted by Gasteiger charge is -2.09. The molecule has 0 bridgehead atoms. The lowest BCUT2D eigenvalue weighted by atomic mass is 10.1. The molecule has 1 aromatic rings. The number of carbonyl (C=O) groups excluding carboxylic acids is 2. The smallest absolute Gasteiger partial charge is 0.290 e. The number of allylic oxidation sites excluding steroid dienone is 2. The lowest BCUT2D eigenvalue weighted by Crippen LogP contribution is -2.17. The van der Waals surface area contributed by atoms with Gasteiger partial charge in [-0.05, 0) is 55.8 Å². The summed E-state index contributed by atoms with van der Waals surface area (Å²) in [5.74, 6) is 0.229. The van der Waals surface area contributed by atoms with Gasteiger partial charge < -0.3 is 9.94 Å². The summed E-state index contributed by atoms with van der Waals surface area (Å²) in [4.78, 5) is 23.0. The van der Waals surface area contributed by atoms with Crippen molar-refractivity contribution in [3.63, 3.8) is 0 Å². The molecule has 128 valence electrons. The molecule has 2 heterocycles. The van der Waals surface area contributed by atoms with Gasteiger partial charge in [-0.1, -0.05) is 38.0 Å². The molecule has 2 N–H and O–H groups in total. The molecule has 2 aliphatic rings. The number of benzene rings is 1. The second-order valence-electron chi connectivity index (χ2n) is 4.92. The van der Waals surface area contributed by atoms with Gasteiger partial charge in [-0.15, -0.1) is 0 Å². The third-order valence-electron chi connectivity index (χ3n) is 3.28. The van der Waals surface area contributed by atoms with E-state index in [9.17, 15) is 9.59 Å². The number of nitrogens with one attached hydrogen (secondary N) is 1. The van der Waals surface area contributed by atoms with Crippen LogP contribution in [0.1, 0.15) is 5.56 Å². The zero-order chi connectivity index (χ0) is 17.6. The Morgan fingerprint density at radius 3 is 2.72 bits per heavy atom. The Bertz CT molecular complexity index is 854. The number of ether oxygens (including phenoxy) is 1. The van der Waals surface area contributed by atoms with Gasteiger partial charge in [0, 0.05) is 5.57 Å². The van der Waals surface area contributed by atoms with E-state index in [1.807, 2.05) is 12.2 Å². The second kappa shape index (κ2) is 8.26. The Hall–Kier alpha value is -2.20. The fraction of sp³-hybridized carbons (Fsp3) is 0.0588. The Morgan fingerprint density at radius 2 is 2.12 bits per heavy atom. The fourth-order valence-corrected chi connectivity index (χ4v) is 4.16. The van der Waals surface area contributed by atoms with Crippen molar-refractivity contribution in [3.05, 3.63) is 56.5 Å². The van der Waals surface area contributed by atoms with Crippen LogP contribution in [0.2, 0.25) is 0 Å². The highest BCUT2D eigenvalue weighted by atomic mass is 127. The summed E-state index contributed by atoms with van der Waals surface area (Å²) in [6.07, 6.45) is 5.52. The second-order valence-corrected chi connectivity index (χ2v) is 8.10. The number of thioether (sulfide) groups is 1. The van der Waals surface area contributed by atoms with Crippen LogP contribution in [0.25, 0.3) is 6.08 Å². The first-order valence-electron chi connectivity index (χ1n) is 7.17. The third-order valence-corrected chi connectivity index (χ3v) is 5.64. The molecule has 25 heavy (non-hydrogen) atoms. The van der Waals surface area contributed by atoms with Crippen LogP contribution in [0.15, 0.2) is 56.1 Å². The highest BCUT2D eigenvalue weighted by Gasteiger charge is 2.24. The van der Waals surface area contributed by atoms with E-state index in [-0.39, 0.29) is 38.5 Å². The number of imide groups is 1.